The van der Waals surface area contributed by atoms with Gasteiger partial charge in [0.1, 0.15) is 0 Å². The molecule has 14 heteroatoms. The van der Waals surface area contributed by atoms with Gasteiger partial charge in [0.25, 0.3) is 0 Å². The Morgan fingerprint density at radius 2 is 1.24 bits per heavy atom. The molecule has 2 aromatic carbocycles. The molecule has 0 saturated heterocycles. The van der Waals surface area contributed by atoms with Crippen LogP contribution in [0.5, 0.6) is 0 Å². The molecule has 0 radical (unpaired) electrons. The molecule has 4 aromatic heterocycles. The lowest BCUT2D eigenvalue weighted by atomic mass is 10.2. The molecule has 0 atom stereocenters. The number of halogens is 4. The number of rotatable bonds is 13. The van der Waals surface area contributed by atoms with Crippen molar-refractivity contribution >= 4 is 52.2 Å². The summed E-state index contributed by atoms with van der Waals surface area (Å²) in [5.41, 5.74) is 5.05. The standard InChI is InChI=1S/C36H32Cl2F2N8O2/c1-22-18-26(13-15-41-22)47-24(20-32(45-47)43-30-9-3-7-28(37)35(30)39)6-5-17-50-34(49)12-11-25-21-33(44-31-10-4-8-29(38)36(31)40)46-48(25)27-14-16-42-23(2)19-27/h3-4,7-10,13-16,18-21H,5-6,11-12,17H2,1-2H3,(H,43,45)(H,44,46). The molecule has 0 aliphatic carbocycles. The Kier molecular flexibility index (Phi) is 10.7. The molecule has 0 spiro atoms. The van der Waals surface area contributed by atoms with Gasteiger partial charge in [-0.15, -0.1) is 10.2 Å². The summed E-state index contributed by atoms with van der Waals surface area (Å²) in [6, 6.07) is 20.3. The minimum absolute atomic E-state index is 0.00296. The number of anilines is 4. The minimum atomic E-state index is -0.588. The lowest BCUT2D eigenvalue weighted by Crippen LogP contribution is -2.11. The predicted octanol–water partition coefficient (Wildman–Crippen LogP) is 8.65. The van der Waals surface area contributed by atoms with Crippen LogP contribution in [0.1, 0.15) is 35.6 Å². The second-order valence-electron chi connectivity index (χ2n) is 11.5. The number of nitrogens with one attached hydrogen (secondary N) is 2. The first-order valence-electron chi connectivity index (χ1n) is 15.8. The van der Waals surface area contributed by atoms with Crippen molar-refractivity contribution in [3.05, 3.63) is 130 Å². The number of hydrogen-bond donors (Lipinski definition) is 2. The van der Waals surface area contributed by atoms with Gasteiger partial charge in [0.15, 0.2) is 23.3 Å². The summed E-state index contributed by atoms with van der Waals surface area (Å²) in [4.78, 5) is 21.4. The molecule has 0 bridgehead atoms. The molecule has 4 heterocycles. The van der Waals surface area contributed by atoms with Gasteiger partial charge in [0.05, 0.1) is 45.8 Å². The van der Waals surface area contributed by atoms with E-state index in [0.717, 1.165) is 28.5 Å². The number of carbonyl (C=O) groups is 1. The molecule has 0 aliphatic rings. The van der Waals surface area contributed by atoms with Gasteiger partial charge in [-0.1, -0.05) is 35.3 Å². The summed E-state index contributed by atoms with van der Waals surface area (Å²) in [6.07, 6.45) is 4.80. The van der Waals surface area contributed by atoms with Crippen molar-refractivity contribution in [2.24, 2.45) is 0 Å². The van der Waals surface area contributed by atoms with E-state index in [1.165, 1.54) is 12.1 Å². The highest BCUT2D eigenvalue weighted by Gasteiger charge is 2.17. The molecule has 50 heavy (non-hydrogen) atoms. The molecule has 0 saturated carbocycles. The molecule has 10 nitrogen and oxygen atoms in total. The first kappa shape index (κ1) is 34.5. The topological polar surface area (TPSA) is 112 Å². The summed E-state index contributed by atoms with van der Waals surface area (Å²) in [7, 11) is 0. The maximum absolute atomic E-state index is 14.6. The van der Waals surface area contributed by atoms with Gasteiger partial charge in [-0.25, -0.2) is 18.1 Å². The summed E-state index contributed by atoms with van der Waals surface area (Å²) in [6.45, 7) is 3.93. The zero-order valence-electron chi connectivity index (χ0n) is 27.1. The average Bonchev–Trinajstić information content (AvgIpc) is 3.70. The van der Waals surface area contributed by atoms with Crippen LogP contribution >= 0.6 is 23.2 Å². The van der Waals surface area contributed by atoms with Crippen LogP contribution in [0, 0.1) is 25.5 Å². The number of aryl methyl sites for hydroxylation is 4. The second kappa shape index (κ2) is 15.5. The van der Waals surface area contributed by atoms with Gasteiger partial charge in [0.2, 0.25) is 0 Å². The maximum Gasteiger partial charge on any atom is 0.306 e. The maximum atomic E-state index is 14.6. The van der Waals surface area contributed by atoms with Gasteiger partial charge < -0.3 is 15.4 Å². The number of benzene rings is 2. The van der Waals surface area contributed by atoms with Crippen LogP contribution in [0.4, 0.5) is 31.8 Å². The van der Waals surface area contributed by atoms with Crippen LogP contribution in [-0.4, -0.2) is 42.1 Å². The minimum Gasteiger partial charge on any atom is -0.466 e. The number of aromatic nitrogens is 6. The Hall–Kier alpha value is -5.33. The molecule has 0 unspecified atom stereocenters. The predicted molar refractivity (Wildman–Crippen MR) is 189 cm³/mol. The van der Waals surface area contributed by atoms with Crippen molar-refractivity contribution in [3.8, 4) is 11.4 Å². The van der Waals surface area contributed by atoms with E-state index in [4.69, 9.17) is 27.9 Å². The largest absolute Gasteiger partial charge is 0.466 e. The number of pyridine rings is 2. The van der Waals surface area contributed by atoms with Crippen molar-refractivity contribution in [1.82, 2.24) is 29.5 Å². The highest BCUT2D eigenvalue weighted by atomic mass is 35.5. The molecule has 0 amide bonds. The average molecular weight is 718 g/mol. The number of carbonyl (C=O) groups excluding carboxylic acids is 1. The van der Waals surface area contributed by atoms with Crippen molar-refractivity contribution in [2.45, 2.75) is 39.5 Å². The van der Waals surface area contributed by atoms with Gasteiger partial charge in [-0.05, 0) is 75.2 Å². The third-order valence-corrected chi connectivity index (χ3v) is 8.25. The van der Waals surface area contributed by atoms with Crippen LogP contribution in [0.2, 0.25) is 10.0 Å². The zero-order chi connectivity index (χ0) is 35.2. The van der Waals surface area contributed by atoms with Crippen LogP contribution < -0.4 is 10.6 Å². The third-order valence-electron chi connectivity index (χ3n) is 7.67. The Morgan fingerprint density at radius 1 is 0.740 bits per heavy atom. The summed E-state index contributed by atoms with van der Waals surface area (Å²) < 4.78 is 38.2. The second-order valence-corrected chi connectivity index (χ2v) is 12.3. The lowest BCUT2D eigenvalue weighted by molar-refractivity contribution is -0.143. The Balaban J connectivity index is 1.10. The van der Waals surface area contributed by atoms with E-state index in [1.807, 2.05) is 38.1 Å². The summed E-state index contributed by atoms with van der Waals surface area (Å²) >= 11 is 11.9. The highest BCUT2D eigenvalue weighted by Crippen LogP contribution is 2.28. The normalized spacial score (nSPS) is 11.1. The van der Waals surface area contributed by atoms with Gasteiger partial charge in [0, 0.05) is 53.7 Å². The van der Waals surface area contributed by atoms with Crippen molar-refractivity contribution in [2.75, 3.05) is 17.2 Å². The van der Waals surface area contributed by atoms with Crippen molar-refractivity contribution in [1.29, 1.82) is 0 Å². The first-order chi connectivity index (χ1) is 24.1. The molecule has 0 aliphatic heterocycles. The fraction of sp³-hybridized carbons (Fsp3) is 0.194. The Labute approximate surface area is 297 Å². The number of nitrogens with zero attached hydrogens (tertiary/aromatic N) is 6. The van der Waals surface area contributed by atoms with E-state index in [1.54, 1.807) is 58.2 Å². The van der Waals surface area contributed by atoms with E-state index >= 15 is 0 Å². The first-order valence-corrected chi connectivity index (χ1v) is 16.5. The molecule has 2 N–H and O–H groups in total. The molecular formula is C36H32Cl2F2N8O2. The van der Waals surface area contributed by atoms with E-state index in [9.17, 15) is 13.6 Å². The lowest BCUT2D eigenvalue weighted by Gasteiger charge is -2.09. The smallest absolute Gasteiger partial charge is 0.306 e. The molecular weight excluding hydrogens is 685 g/mol. The van der Waals surface area contributed by atoms with Gasteiger partial charge >= 0.3 is 5.97 Å². The molecule has 0 fully saturated rings. The number of hydrogen-bond acceptors (Lipinski definition) is 8. The Bertz CT molecular complexity index is 2150. The summed E-state index contributed by atoms with van der Waals surface area (Å²) in [5, 5.41) is 15.3. The monoisotopic (exact) mass is 716 g/mol. The third kappa shape index (κ3) is 8.27. The number of ether oxygens (including phenoxy) is 1. The number of esters is 1. The highest BCUT2D eigenvalue weighted by molar-refractivity contribution is 6.31. The fourth-order valence-electron chi connectivity index (χ4n) is 5.31. The van der Waals surface area contributed by atoms with Gasteiger partial charge in [-0.3, -0.25) is 14.8 Å². The summed E-state index contributed by atoms with van der Waals surface area (Å²) in [5.74, 6) is -0.720. The van der Waals surface area contributed by atoms with E-state index in [0.29, 0.717) is 36.6 Å². The van der Waals surface area contributed by atoms with Crippen LogP contribution in [0.15, 0.2) is 85.2 Å². The zero-order valence-corrected chi connectivity index (χ0v) is 28.6. The Morgan fingerprint density at radius 3 is 1.74 bits per heavy atom. The van der Waals surface area contributed by atoms with E-state index in [-0.39, 0.29) is 40.4 Å². The molecule has 256 valence electrons. The van der Waals surface area contributed by atoms with E-state index < -0.39 is 11.6 Å². The fourth-order valence-corrected chi connectivity index (χ4v) is 5.66. The molecule has 6 rings (SSSR count). The molecule has 6 aromatic rings. The van der Waals surface area contributed by atoms with Crippen LogP contribution in [0.25, 0.3) is 11.4 Å². The SMILES string of the molecule is Cc1cc(-n2nc(Nc3cccc(Cl)c3F)cc2CCCOC(=O)CCc2cc(Nc3cccc(Cl)c3F)nn2-c2ccnc(C)c2)ccn1. The quantitative estimate of drug-likeness (QED) is 0.0903. The van der Waals surface area contributed by atoms with Crippen molar-refractivity contribution in [3.63, 3.8) is 0 Å². The van der Waals surface area contributed by atoms with Crippen LogP contribution in [0.3, 0.4) is 0 Å². The van der Waals surface area contributed by atoms with Crippen LogP contribution in [-0.2, 0) is 22.4 Å². The van der Waals surface area contributed by atoms with Gasteiger partial charge in [-0.2, -0.15) is 0 Å². The van der Waals surface area contributed by atoms with Crippen molar-refractivity contribution < 1.29 is 18.3 Å². The van der Waals surface area contributed by atoms with E-state index in [2.05, 4.69) is 30.8 Å².